The van der Waals surface area contributed by atoms with Crippen molar-refractivity contribution in [3.63, 3.8) is 0 Å². The van der Waals surface area contributed by atoms with Crippen LogP contribution in [0.1, 0.15) is 31.4 Å². The van der Waals surface area contributed by atoms with E-state index in [2.05, 4.69) is 20.6 Å². The first-order valence-electron chi connectivity index (χ1n) is 6.72. The van der Waals surface area contributed by atoms with Crippen LogP contribution in [0.5, 0.6) is 0 Å². The summed E-state index contributed by atoms with van der Waals surface area (Å²) in [4.78, 5) is 10.8. The van der Waals surface area contributed by atoms with Gasteiger partial charge in [-0.05, 0) is 20.8 Å². The maximum Gasteiger partial charge on any atom is 0.333 e. The van der Waals surface area contributed by atoms with E-state index in [0.29, 0.717) is 24.5 Å². The first-order chi connectivity index (χ1) is 9.91. The minimum atomic E-state index is -0.397. The van der Waals surface area contributed by atoms with Gasteiger partial charge >= 0.3 is 5.69 Å². The Balaban J connectivity index is 2.18. The largest absolute Gasteiger partial charge is 0.364 e. The monoisotopic (exact) mass is 293 g/mol. The zero-order valence-electron chi connectivity index (χ0n) is 12.6. The summed E-state index contributed by atoms with van der Waals surface area (Å²) in [6.07, 6.45) is 2.25. The molecule has 9 nitrogen and oxygen atoms in total. The van der Waals surface area contributed by atoms with Crippen molar-refractivity contribution in [2.45, 2.75) is 33.2 Å². The van der Waals surface area contributed by atoms with Crippen molar-refractivity contribution in [3.8, 4) is 0 Å². The second kappa shape index (κ2) is 5.90. The summed E-state index contributed by atoms with van der Waals surface area (Å²) in [5.41, 5.74) is 0.441. The van der Waals surface area contributed by atoms with Crippen LogP contribution < -0.4 is 5.32 Å². The summed E-state index contributed by atoms with van der Waals surface area (Å²) < 4.78 is 3.46. The van der Waals surface area contributed by atoms with Crippen molar-refractivity contribution < 1.29 is 4.92 Å². The van der Waals surface area contributed by atoms with E-state index in [9.17, 15) is 10.1 Å². The summed E-state index contributed by atoms with van der Waals surface area (Å²) in [6, 6.07) is 0.0368. The highest BCUT2D eigenvalue weighted by atomic mass is 16.6. The quantitative estimate of drug-likeness (QED) is 0.638. The van der Waals surface area contributed by atoms with Crippen molar-refractivity contribution in [1.82, 2.24) is 24.5 Å². The van der Waals surface area contributed by atoms with Gasteiger partial charge in [0.1, 0.15) is 17.8 Å². The molecule has 0 spiro atoms. The van der Waals surface area contributed by atoms with Gasteiger partial charge in [0, 0.05) is 26.1 Å². The van der Waals surface area contributed by atoms with Crippen LogP contribution in [0.15, 0.2) is 6.33 Å². The van der Waals surface area contributed by atoms with E-state index in [1.54, 1.807) is 17.9 Å². The fraction of sp³-hybridized carbons (Fsp3) is 0.583. The Kier molecular flexibility index (Phi) is 4.20. The molecule has 0 atom stereocenters. The van der Waals surface area contributed by atoms with E-state index in [1.807, 2.05) is 25.5 Å². The summed E-state index contributed by atoms with van der Waals surface area (Å²) in [6.45, 7) is 6.03. The van der Waals surface area contributed by atoms with Gasteiger partial charge in [0.15, 0.2) is 0 Å². The second-order valence-electron chi connectivity index (χ2n) is 5.11. The highest BCUT2D eigenvalue weighted by Gasteiger charge is 2.26. The highest BCUT2D eigenvalue weighted by molar-refractivity contribution is 5.59. The minimum absolute atomic E-state index is 0.0293. The smallest absolute Gasteiger partial charge is 0.333 e. The molecule has 0 saturated heterocycles. The molecule has 0 aliphatic rings. The summed E-state index contributed by atoms with van der Waals surface area (Å²) in [5.74, 6) is 1.26. The fourth-order valence-corrected chi connectivity index (χ4v) is 2.12. The lowest BCUT2D eigenvalue weighted by atomic mass is 10.3. The third-order valence-electron chi connectivity index (χ3n) is 3.17. The predicted octanol–water partition coefficient (Wildman–Crippen LogP) is 1.46. The van der Waals surface area contributed by atoms with Crippen LogP contribution in [0.2, 0.25) is 0 Å². The van der Waals surface area contributed by atoms with Crippen molar-refractivity contribution in [1.29, 1.82) is 0 Å². The molecule has 0 radical (unpaired) electrons. The molecule has 0 bridgehead atoms. The third kappa shape index (κ3) is 3.01. The van der Waals surface area contributed by atoms with E-state index in [-0.39, 0.29) is 11.7 Å². The number of nitrogens with one attached hydrogen (secondary N) is 1. The molecule has 0 fully saturated rings. The molecule has 0 aliphatic carbocycles. The molecule has 0 amide bonds. The molecule has 21 heavy (non-hydrogen) atoms. The van der Waals surface area contributed by atoms with Gasteiger partial charge in [0.05, 0.1) is 4.92 Å². The Morgan fingerprint density at radius 3 is 2.71 bits per heavy atom. The third-order valence-corrected chi connectivity index (χ3v) is 3.17. The summed E-state index contributed by atoms with van der Waals surface area (Å²) in [7, 11) is 1.86. The molecule has 0 unspecified atom stereocenters. The molecule has 1 N–H and O–H groups in total. The number of anilines is 1. The zero-order chi connectivity index (χ0) is 15.6. The van der Waals surface area contributed by atoms with Crippen molar-refractivity contribution in [3.05, 3.63) is 28.0 Å². The van der Waals surface area contributed by atoms with Gasteiger partial charge in [-0.25, -0.2) is 4.68 Å². The van der Waals surface area contributed by atoms with E-state index in [0.717, 1.165) is 5.82 Å². The molecule has 0 aliphatic heterocycles. The van der Waals surface area contributed by atoms with Crippen LogP contribution in [0.3, 0.4) is 0 Å². The van der Waals surface area contributed by atoms with E-state index >= 15 is 0 Å². The number of aryl methyl sites for hydroxylation is 2. The number of hydrogen-bond donors (Lipinski definition) is 1. The lowest BCUT2D eigenvalue weighted by molar-refractivity contribution is -0.384. The van der Waals surface area contributed by atoms with Gasteiger partial charge < -0.3 is 9.88 Å². The van der Waals surface area contributed by atoms with Crippen LogP contribution in [0.25, 0.3) is 0 Å². The first-order valence-corrected chi connectivity index (χ1v) is 6.72. The Morgan fingerprint density at radius 2 is 2.19 bits per heavy atom. The van der Waals surface area contributed by atoms with Gasteiger partial charge in [0.2, 0.25) is 5.82 Å². The van der Waals surface area contributed by atoms with E-state index in [4.69, 9.17) is 0 Å². The predicted molar refractivity (Wildman–Crippen MR) is 77.2 cm³/mol. The van der Waals surface area contributed by atoms with Crippen LogP contribution >= 0.6 is 0 Å². The standard InChI is InChI=1S/C12H19N7O2/c1-8(2)18-12(11(19(20)21)9(3)16-18)13-6-5-10-15-14-7-17(10)4/h7-8,13H,5-6H2,1-4H3. The summed E-state index contributed by atoms with van der Waals surface area (Å²) >= 11 is 0. The topological polar surface area (TPSA) is 104 Å². The molecule has 0 aromatic carbocycles. The van der Waals surface area contributed by atoms with Crippen LogP contribution in [-0.4, -0.2) is 36.0 Å². The van der Waals surface area contributed by atoms with Gasteiger partial charge in [0.25, 0.3) is 0 Å². The van der Waals surface area contributed by atoms with Gasteiger partial charge in [-0.15, -0.1) is 10.2 Å². The van der Waals surface area contributed by atoms with Crippen molar-refractivity contribution in [2.75, 3.05) is 11.9 Å². The van der Waals surface area contributed by atoms with Gasteiger partial charge in [-0.3, -0.25) is 10.1 Å². The van der Waals surface area contributed by atoms with Crippen LogP contribution in [0, 0.1) is 17.0 Å². The van der Waals surface area contributed by atoms with Gasteiger partial charge in [-0.2, -0.15) is 5.10 Å². The maximum atomic E-state index is 11.2. The molecular formula is C12H19N7O2. The van der Waals surface area contributed by atoms with Gasteiger partial charge in [-0.1, -0.05) is 0 Å². The minimum Gasteiger partial charge on any atom is -0.364 e. The SMILES string of the molecule is Cc1nn(C(C)C)c(NCCc2nncn2C)c1[N+](=O)[O-]. The molecule has 9 heteroatoms. The highest BCUT2D eigenvalue weighted by Crippen LogP contribution is 2.30. The molecule has 2 aromatic heterocycles. The van der Waals surface area contributed by atoms with Crippen LogP contribution in [-0.2, 0) is 13.5 Å². The lowest BCUT2D eigenvalue weighted by Crippen LogP contribution is -2.14. The Labute approximate surface area is 122 Å². The average molecular weight is 293 g/mol. The normalized spacial score (nSPS) is 11.1. The first kappa shape index (κ1) is 14.9. The summed E-state index contributed by atoms with van der Waals surface area (Å²) in [5, 5.41) is 26.3. The fourth-order valence-electron chi connectivity index (χ4n) is 2.12. The zero-order valence-corrected chi connectivity index (χ0v) is 12.6. The average Bonchev–Trinajstić information content (AvgIpc) is 2.94. The molecule has 2 aromatic rings. The second-order valence-corrected chi connectivity index (χ2v) is 5.11. The van der Waals surface area contributed by atoms with Crippen molar-refractivity contribution >= 4 is 11.5 Å². The maximum absolute atomic E-state index is 11.2. The number of rotatable bonds is 6. The van der Waals surface area contributed by atoms with Crippen LogP contribution in [0.4, 0.5) is 11.5 Å². The Morgan fingerprint density at radius 1 is 1.48 bits per heavy atom. The number of nitrogens with zero attached hydrogens (tertiary/aromatic N) is 6. The Bertz CT molecular complexity index is 644. The van der Waals surface area contributed by atoms with Crippen molar-refractivity contribution in [2.24, 2.45) is 7.05 Å². The number of hydrogen-bond acceptors (Lipinski definition) is 6. The van der Waals surface area contributed by atoms with E-state index < -0.39 is 4.92 Å². The molecule has 0 saturated carbocycles. The number of aromatic nitrogens is 5. The molecular weight excluding hydrogens is 274 g/mol. The molecule has 2 heterocycles. The lowest BCUT2D eigenvalue weighted by Gasteiger charge is -2.11. The number of nitro groups is 1. The van der Waals surface area contributed by atoms with E-state index in [1.165, 1.54) is 0 Å². The Hall–Kier alpha value is -2.45. The molecule has 2 rings (SSSR count). The molecule has 114 valence electrons.